The van der Waals surface area contributed by atoms with Crippen molar-refractivity contribution in [2.75, 3.05) is 0 Å². The van der Waals surface area contributed by atoms with Gasteiger partial charge in [0.1, 0.15) is 0 Å². The van der Waals surface area contributed by atoms with Gasteiger partial charge in [-0.25, -0.2) is 0 Å². The van der Waals surface area contributed by atoms with Gasteiger partial charge in [0.2, 0.25) is 0 Å². The molecule has 2 nitrogen and oxygen atoms in total. The van der Waals surface area contributed by atoms with Crippen LogP contribution in [-0.2, 0) is 0 Å². The van der Waals surface area contributed by atoms with Crippen molar-refractivity contribution in [3.63, 3.8) is 0 Å². The van der Waals surface area contributed by atoms with E-state index in [9.17, 15) is 0 Å². The zero-order chi connectivity index (χ0) is 7.68. The molecule has 0 aromatic carbocycles. The summed E-state index contributed by atoms with van der Waals surface area (Å²) >= 11 is 0. The second-order valence-electron chi connectivity index (χ2n) is 2.41. The molecular formula is C9H8N2+. The standard InChI is InChI=1S/C9H7N2/c1-7-4-8-6-10-3-2-9(8)11-5-7/h2-6H,1H2/p+1. The maximum atomic E-state index is 4.18. The number of aromatic nitrogens is 2. The molecule has 2 heteroatoms. The number of rotatable bonds is 0. The Morgan fingerprint density at radius 1 is 1.36 bits per heavy atom. The summed E-state index contributed by atoms with van der Waals surface area (Å²) in [4.78, 5) is 8.16. The highest BCUT2D eigenvalue weighted by atomic mass is 14.7. The van der Waals surface area contributed by atoms with Crippen LogP contribution in [0.15, 0.2) is 30.7 Å². The average Bonchev–Trinajstić information content (AvgIpc) is 2.04. The Hall–Kier alpha value is -1.44. The lowest BCUT2D eigenvalue weighted by molar-refractivity contribution is 1.31. The first-order valence-corrected chi connectivity index (χ1v) is 3.38. The van der Waals surface area contributed by atoms with Crippen molar-refractivity contribution in [3.8, 4) is 0 Å². The van der Waals surface area contributed by atoms with Gasteiger partial charge in [-0.05, 0) is 24.6 Å². The smallest absolute Gasteiger partial charge is 0.264 e. The maximum Gasteiger partial charge on any atom is 1.00 e. The van der Waals surface area contributed by atoms with Crippen LogP contribution in [0.3, 0.4) is 0 Å². The van der Waals surface area contributed by atoms with Crippen molar-refractivity contribution in [1.29, 1.82) is 0 Å². The van der Waals surface area contributed by atoms with Gasteiger partial charge < -0.3 is 0 Å². The van der Waals surface area contributed by atoms with Crippen LogP contribution in [0.1, 0.15) is 6.99 Å². The molecule has 2 aromatic heterocycles. The summed E-state index contributed by atoms with van der Waals surface area (Å²) in [5.41, 5.74) is 1.89. The summed E-state index contributed by atoms with van der Waals surface area (Å²) in [7, 11) is 0. The molecule has 0 aliphatic heterocycles. The van der Waals surface area contributed by atoms with Crippen molar-refractivity contribution in [1.82, 2.24) is 9.97 Å². The van der Waals surface area contributed by atoms with Gasteiger partial charge in [-0.1, -0.05) is 0 Å². The van der Waals surface area contributed by atoms with Crippen molar-refractivity contribution >= 4 is 10.9 Å². The van der Waals surface area contributed by atoms with E-state index in [4.69, 9.17) is 0 Å². The Balaban J connectivity index is 0.000000720. The van der Waals surface area contributed by atoms with E-state index >= 15 is 0 Å². The van der Waals surface area contributed by atoms with Crippen molar-refractivity contribution in [2.24, 2.45) is 0 Å². The summed E-state index contributed by atoms with van der Waals surface area (Å²) in [6.07, 6.45) is 5.28. The molecule has 0 amide bonds. The molecule has 2 aromatic rings. The molecule has 0 aliphatic rings. The van der Waals surface area contributed by atoms with E-state index in [-0.39, 0.29) is 1.43 Å². The van der Waals surface area contributed by atoms with Crippen LogP contribution in [0.25, 0.3) is 10.9 Å². The summed E-state index contributed by atoms with van der Waals surface area (Å²) in [5, 5.41) is 1.04. The fraction of sp³-hybridized carbons (Fsp3) is 0. The van der Waals surface area contributed by atoms with Crippen LogP contribution in [0.2, 0.25) is 0 Å². The predicted molar refractivity (Wildman–Crippen MR) is 45.1 cm³/mol. The molecule has 53 valence electrons. The topological polar surface area (TPSA) is 25.8 Å². The number of fused-ring (bicyclic) bond motifs is 1. The Morgan fingerprint density at radius 3 is 3.18 bits per heavy atom. The second kappa shape index (κ2) is 2.31. The van der Waals surface area contributed by atoms with Crippen LogP contribution in [0.4, 0.5) is 0 Å². The largest absolute Gasteiger partial charge is 1.00 e. The van der Waals surface area contributed by atoms with Crippen LogP contribution >= 0.6 is 0 Å². The molecule has 0 spiro atoms. The highest BCUT2D eigenvalue weighted by Crippen LogP contribution is 2.09. The third kappa shape index (κ3) is 1.07. The molecule has 0 saturated carbocycles. The average molecular weight is 144 g/mol. The molecule has 11 heavy (non-hydrogen) atoms. The minimum atomic E-state index is 0. The second-order valence-corrected chi connectivity index (χ2v) is 2.41. The summed E-state index contributed by atoms with van der Waals surface area (Å²) < 4.78 is 0. The van der Waals surface area contributed by atoms with Crippen LogP contribution < -0.4 is 0 Å². The van der Waals surface area contributed by atoms with Gasteiger partial charge in [0.25, 0.3) is 0 Å². The molecule has 0 aliphatic carbocycles. The van der Waals surface area contributed by atoms with E-state index < -0.39 is 0 Å². The van der Waals surface area contributed by atoms with Gasteiger partial charge in [0.15, 0.2) is 0 Å². The molecule has 1 radical (unpaired) electrons. The van der Waals surface area contributed by atoms with Gasteiger partial charge in [0.05, 0.1) is 5.52 Å². The first-order chi connectivity index (χ1) is 5.36. The van der Waals surface area contributed by atoms with Crippen LogP contribution in [-0.4, -0.2) is 9.97 Å². The molecule has 0 unspecified atom stereocenters. The van der Waals surface area contributed by atoms with E-state index in [1.807, 2.05) is 12.1 Å². The lowest BCUT2D eigenvalue weighted by atomic mass is 10.2. The quantitative estimate of drug-likeness (QED) is 0.564. The first-order valence-electron chi connectivity index (χ1n) is 3.38. The van der Waals surface area contributed by atoms with Gasteiger partial charge >= 0.3 is 1.43 Å². The highest BCUT2D eigenvalue weighted by Gasteiger charge is 1.91. The highest BCUT2D eigenvalue weighted by molar-refractivity contribution is 5.77. The normalized spacial score (nSPS) is 10.3. The third-order valence-electron chi connectivity index (χ3n) is 1.54. The lowest BCUT2D eigenvalue weighted by Gasteiger charge is -1.95. The van der Waals surface area contributed by atoms with Crippen molar-refractivity contribution in [2.45, 2.75) is 0 Å². The summed E-state index contributed by atoms with van der Waals surface area (Å²) in [5.74, 6) is 0. The molecule has 0 bridgehead atoms. The maximum absolute atomic E-state index is 4.18. The van der Waals surface area contributed by atoms with Gasteiger partial charge in [0, 0.05) is 24.0 Å². The van der Waals surface area contributed by atoms with Crippen molar-refractivity contribution < 1.29 is 1.43 Å². The lowest BCUT2D eigenvalue weighted by Crippen LogP contribution is -1.80. The van der Waals surface area contributed by atoms with E-state index in [1.165, 1.54) is 0 Å². The van der Waals surface area contributed by atoms with E-state index in [2.05, 4.69) is 16.9 Å². The van der Waals surface area contributed by atoms with Crippen LogP contribution in [0, 0.1) is 6.92 Å². The Kier molecular flexibility index (Phi) is 1.32. The van der Waals surface area contributed by atoms with Gasteiger partial charge in [-0.15, -0.1) is 0 Å². The van der Waals surface area contributed by atoms with E-state index in [0.29, 0.717) is 0 Å². The minimum absolute atomic E-state index is 0. The Morgan fingerprint density at radius 2 is 2.27 bits per heavy atom. The molecule has 0 N–H and O–H groups in total. The Labute approximate surface area is 66.4 Å². The molecule has 0 fully saturated rings. The van der Waals surface area contributed by atoms with E-state index in [1.54, 1.807) is 18.6 Å². The fourth-order valence-corrected chi connectivity index (χ4v) is 1.02. The fourth-order valence-electron chi connectivity index (χ4n) is 1.02. The third-order valence-corrected chi connectivity index (χ3v) is 1.54. The number of hydrogen-bond acceptors (Lipinski definition) is 2. The monoisotopic (exact) mass is 144 g/mol. The molecule has 2 rings (SSSR count). The number of nitrogens with zero attached hydrogens (tertiary/aromatic N) is 2. The van der Waals surface area contributed by atoms with Crippen LogP contribution in [0.5, 0.6) is 0 Å². The minimum Gasteiger partial charge on any atom is -0.264 e. The SMILES string of the molecule is [CH2]c1cnc2ccncc2c1.[H+]. The Bertz CT molecular complexity index is 387. The predicted octanol–water partition coefficient (Wildman–Crippen LogP) is 1.92. The van der Waals surface area contributed by atoms with Gasteiger partial charge in [-0.3, -0.25) is 9.97 Å². The number of pyridine rings is 2. The first kappa shape index (κ1) is 6.28. The molecule has 0 saturated heterocycles. The van der Waals surface area contributed by atoms with Gasteiger partial charge in [-0.2, -0.15) is 0 Å². The zero-order valence-corrected chi connectivity index (χ0v) is 5.99. The number of hydrogen-bond donors (Lipinski definition) is 0. The molecule has 2 heterocycles. The van der Waals surface area contributed by atoms with Crippen molar-refractivity contribution in [3.05, 3.63) is 43.2 Å². The summed E-state index contributed by atoms with van der Waals surface area (Å²) in [6.45, 7) is 3.78. The van der Waals surface area contributed by atoms with E-state index in [0.717, 1.165) is 16.5 Å². The zero-order valence-electron chi connectivity index (χ0n) is 6.99. The molecule has 0 atom stereocenters. The molecular weight excluding hydrogens is 136 g/mol. The summed E-state index contributed by atoms with van der Waals surface area (Å²) in [6, 6.07) is 3.85.